The Hall–Kier alpha value is -1.46. The molecule has 1 fully saturated rings. The molecule has 1 aliphatic heterocycles. The second kappa shape index (κ2) is 7.41. The lowest BCUT2D eigenvalue weighted by atomic mass is 9.96. The lowest BCUT2D eigenvalue weighted by Crippen LogP contribution is -2.33. The first-order valence-electron chi connectivity index (χ1n) is 8.19. The van der Waals surface area contributed by atoms with Gasteiger partial charge in [-0.25, -0.2) is 0 Å². The fourth-order valence-electron chi connectivity index (χ4n) is 3.18. The van der Waals surface area contributed by atoms with Crippen LogP contribution in [0.5, 0.6) is 0 Å². The SMILES string of the molecule is Cc1cc(C(=O)NCCC2CCCNC2)c2ccc(Br)cc2n1. The van der Waals surface area contributed by atoms with Crippen LogP contribution >= 0.6 is 15.9 Å². The predicted molar refractivity (Wildman–Crippen MR) is 96.7 cm³/mol. The quantitative estimate of drug-likeness (QED) is 0.860. The van der Waals surface area contributed by atoms with Gasteiger partial charge in [0.05, 0.1) is 11.1 Å². The molecule has 4 nitrogen and oxygen atoms in total. The smallest absolute Gasteiger partial charge is 0.252 e. The number of nitrogens with one attached hydrogen (secondary N) is 2. The van der Waals surface area contributed by atoms with Gasteiger partial charge in [-0.15, -0.1) is 0 Å². The highest BCUT2D eigenvalue weighted by atomic mass is 79.9. The van der Waals surface area contributed by atoms with Crippen LogP contribution in [-0.2, 0) is 0 Å². The molecule has 1 aliphatic rings. The lowest BCUT2D eigenvalue weighted by molar-refractivity contribution is 0.0952. The van der Waals surface area contributed by atoms with Gasteiger partial charge in [0.25, 0.3) is 5.91 Å². The van der Waals surface area contributed by atoms with E-state index in [1.165, 1.54) is 12.8 Å². The zero-order chi connectivity index (χ0) is 16.2. The second-order valence-electron chi connectivity index (χ2n) is 6.23. The van der Waals surface area contributed by atoms with Crippen molar-refractivity contribution >= 4 is 32.7 Å². The average molecular weight is 376 g/mol. The van der Waals surface area contributed by atoms with Gasteiger partial charge in [-0.3, -0.25) is 9.78 Å². The number of hydrogen-bond acceptors (Lipinski definition) is 3. The molecule has 0 saturated carbocycles. The maximum Gasteiger partial charge on any atom is 0.252 e. The summed E-state index contributed by atoms with van der Waals surface area (Å²) in [5, 5.41) is 7.39. The molecule has 0 spiro atoms. The first-order valence-corrected chi connectivity index (χ1v) is 8.98. The van der Waals surface area contributed by atoms with Gasteiger partial charge in [0, 0.05) is 22.1 Å². The molecule has 122 valence electrons. The van der Waals surface area contributed by atoms with Crippen molar-refractivity contribution in [3.8, 4) is 0 Å². The van der Waals surface area contributed by atoms with Crippen LogP contribution in [0, 0.1) is 12.8 Å². The molecule has 2 heterocycles. The van der Waals surface area contributed by atoms with Crippen LogP contribution in [0.25, 0.3) is 10.9 Å². The van der Waals surface area contributed by atoms with Crippen molar-refractivity contribution in [3.05, 3.63) is 40.0 Å². The number of amides is 1. The second-order valence-corrected chi connectivity index (χ2v) is 7.15. The molecule has 1 aromatic heterocycles. The summed E-state index contributed by atoms with van der Waals surface area (Å²) in [5.74, 6) is 0.669. The number of nitrogens with zero attached hydrogens (tertiary/aromatic N) is 1. The van der Waals surface area contributed by atoms with Crippen LogP contribution in [0.4, 0.5) is 0 Å². The molecule has 23 heavy (non-hydrogen) atoms. The van der Waals surface area contributed by atoms with E-state index in [-0.39, 0.29) is 5.91 Å². The Morgan fingerprint density at radius 3 is 3.09 bits per heavy atom. The Bertz CT molecular complexity index is 705. The highest BCUT2D eigenvalue weighted by Gasteiger charge is 2.15. The van der Waals surface area contributed by atoms with E-state index in [4.69, 9.17) is 0 Å². The monoisotopic (exact) mass is 375 g/mol. The maximum absolute atomic E-state index is 12.6. The molecule has 0 bridgehead atoms. The number of aryl methyl sites for hydroxylation is 1. The number of halogens is 1. The van der Waals surface area contributed by atoms with E-state index in [0.717, 1.165) is 47.1 Å². The number of piperidine rings is 1. The topological polar surface area (TPSA) is 54.0 Å². The molecule has 2 N–H and O–H groups in total. The van der Waals surface area contributed by atoms with Crippen molar-refractivity contribution in [2.24, 2.45) is 5.92 Å². The number of fused-ring (bicyclic) bond motifs is 1. The number of hydrogen-bond donors (Lipinski definition) is 2. The van der Waals surface area contributed by atoms with Gasteiger partial charge in [-0.1, -0.05) is 22.0 Å². The van der Waals surface area contributed by atoms with Crippen LogP contribution in [0.15, 0.2) is 28.7 Å². The van der Waals surface area contributed by atoms with Gasteiger partial charge in [-0.2, -0.15) is 0 Å². The number of carbonyl (C=O) groups is 1. The zero-order valence-electron chi connectivity index (χ0n) is 13.4. The normalized spacial score (nSPS) is 18.1. The minimum atomic E-state index is -0.00779. The molecule has 3 rings (SSSR count). The summed E-state index contributed by atoms with van der Waals surface area (Å²) in [4.78, 5) is 17.1. The zero-order valence-corrected chi connectivity index (χ0v) is 14.9. The lowest BCUT2D eigenvalue weighted by Gasteiger charge is -2.22. The number of aromatic nitrogens is 1. The van der Waals surface area contributed by atoms with E-state index in [2.05, 4.69) is 31.5 Å². The fourth-order valence-corrected chi connectivity index (χ4v) is 3.53. The summed E-state index contributed by atoms with van der Waals surface area (Å²) in [7, 11) is 0. The minimum Gasteiger partial charge on any atom is -0.352 e. The molecule has 1 saturated heterocycles. The van der Waals surface area contributed by atoms with E-state index in [1.54, 1.807) is 0 Å². The highest BCUT2D eigenvalue weighted by molar-refractivity contribution is 9.10. The number of pyridine rings is 1. The molecule has 0 aliphatic carbocycles. The van der Waals surface area contributed by atoms with Gasteiger partial charge in [0.1, 0.15) is 0 Å². The van der Waals surface area contributed by atoms with Crippen LogP contribution in [0.3, 0.4) is 0 Å². The van der Waals surface area contributed by atoms with Gasteiger partial charge in [-0.05, 0) is 63.4 Å². The fraction of sp³-hybridized carbons (Fsp3) is 0.444. The third-order valence-electron chi connectivity index (χ3n) is 4.38. The summed E-state index contributed by atoms with van der Waals surface area (Å²) in [6.07, 6.45) is 3.53. The molecule has 1 unspecified atom stereocenters. The summed E-state index contributed by atoms with van der Waals surface area (Å²) in [5.41, 5.74) is 2.42. The van der Waals surface area contributed by atoms with Gasteiger partial charge >= 0.3 is 0 Å². The summed E-state index contributed by atoms with van der Waals surface area (Å²) >= 11 is 3.46. The Morgan fingerprint density at radius 1 is 1.43 bits per heavy atom. The predicted octanol–water partition coefficient (Wildman–Crippen LogP) is 3.43. The van der Waals surface area contributed by atoms with Crippen molar-refractivity contribution in [1.82, 2.24) is 15.6 Å². The first-order chi connectivity index (χ1) is 11.1. The largest absolute Gasteiger partial charge is 0.352 e. The number of rotatable bonds is 4. The van der Waals surface area contributed by atoms with E-state index in [1.807, 2.05) is 31.2 Å². The maximum atomic E-state index is 12.6. The van der Waals surface area contributed by atoms with Crippen molar-refractivity contribution in [2.45, 2.75) is 26.2 Å². The molecule has 1 atom stereocenters. The van der Waals surface area contributed by atoms with E-state index in [0.29, 0.717) is 11.5 Å². The Labute approximate surface area is 145 Å². The molecular weight excluding hydrogens is 354 g/mol. The van der Waals surface area contributed by atoms with Crippen LogP contribution in [-0.4, -0.2) is 30.5 Å². The molecule has 5 heteroatoms. The number of benzene rings is 1. The minimum absolute atomic E-state index is 0.00779. The molecule has 1 aromatic carbocycles. The number of carbonyl (C=O) groups excluding carboxylic acids is 1. The van der Waals surface area contributed by atoms with E-state index < -0.39 is 0 Å². The van der Waals surface area contributed by atoms with E-state index >= 15 is 0 Å². The summed E-state index contributed by atoms with van der Waals surface area (Å²) < 4.78 is 0.972. The third kappa shape index (κ3) is 4.09. The van der Waals surface area contributed by atoms with Crippen molar-refractivity contribution in [2.75, 3.05) is 19.6 Å². The van der Waals surface area contributed by atoms with Crippen molar-refractivity contribution < 1.29 is 4.79 Å². The van der Waals surface area contributed by atoms with Gasteiger partial charge in [0.2, 0.25) is 0 Å². The Morgan fingerprint density at radius 2 is 2.30 bits per heavy atom. The van der Waals surface area contributed by atoms with E-state index in [9.17, 15) is 4.79 Å². The van der Waals surface area contributed by atoms with Gasteiger partial charge in [0.15, 0.2) is 0 Å². The Balaban J connectivity index is 1.70. The summed E-state index contributed by atoms with van der Waals surface area (Å²) in [6.45, 7) is 4.84. The van der Waals surface area contributed by atoms with Crippen LogP contribution in [0.1, 0.15) is 35.3 Å². The van der Waals surface area contributed by atoms with Crippen molar-refractivity contribution in [1.29, 1.82) is 0 Å². The van der Waals surface area contributed by atoms with Crippen LogP contribution in [0.2, 0.25) is 0 Å². The molecule has 2 aromatic rings. The van der Waals surface area contributed by atoms with Crippen molar-refractivity contribution in [3.63, 3.8) is 0 Å². The first kappa shape index (κ1) is 16.4. The summed E-state index contributed by atoms with van der Waals surface area (Å²) in [6, 6.07) is 7.72. The molecular formula is C18H22BrN3O. The standard InChI is InChI=1S/C18H22BrN3O/c1-12-9-16(15-5-4-14(19)10-17(15)22-12)18(23)21-8-6-13-3-2-7-20-11-13/h4-5,9-10,13,20H,2-3,6-8,11H2,1H3,(H,21,23). The third-order valence-corrected chi connectivity index (χ3v) is 4.87. The van der Waals surface area contributed by atoms with Crippen LogP contribution < -0.4 is 10.6 Å². The molecule has 1 amide bonds. The average Bonchev–Trinajstić information content (AvgIpc) is 2.54. The van der Waals surface area contributed by atoms with Gasteiger partial charge < -0.3 is 10.6 Å². The highest BCUT2D eigenvalue weighted by Crippen LogP contribution is 2.22. The Kier molecular flexibility index (Phi) is 5.28. The molecule has 0 radical (unpaired) electrons.